The van der Waals surface area contributed by atoms with Crippen LogP contribution in [-0.2, 0) is 13.1 Å². The second kappa shape index (κ2) is 5.37. The number of Topliss-reactive ketones (excluding diaryl/α,β-unsaturated/α-hetero) is 1. The Hall–Kier alpha value is -2.28. The Morgan fingerprint density at radius 3 is 3.06 bits per heavy atom. The highest BCUT2D eigenvalue weighted by Gasteiger charge is 2.14. The fraction of sp³-hybridized carbons (Fsp3) is 0.273. The summed E-state index contributed by atoms with van der Waals surface area (Å²) in [5.74, 6) is 0.252. The zero-order chi connectivity index (χ0) is 13.0. The molecular weight excluding hydrogens is 234 g/mol. The smallest absolute Gasteiger partial charge is 0.206 e. The zero-order valence-electron chi connectivity index (χ0n) is 9.91. The molecule has 2 N–H and O–H groups in total. The van der Waals surface area contributed by atoms with Crippen LogP contribution in [0.5, 0.6) is 5.75 Å². The normalized spacial score (nSPS) is 10.3. The predicted molar refractivity (Wildman–Crippen MR) is 63.0 cm³/mol. The summed E-state index contributed by atoms with van der Waals surface area (Å²) in [6.45, 7) is 0.349. The summed E-state index contributed by atoms with van der Waals surface area (Å²) >= 11 is 0. The monoisotopic (exact) mass is 247 g/mol. The molecule has 0 spiro atoms. The van der Waals surface area contributed by atoms with Crippen LogP contribution in [-0.4, -0.2) is 32.9 Å². The van der Waals surface area contributed by atoms with Gasteiger partial charge >= 0.3 is 0 Å². The van der Waals surface area contributed by atoms with Crippen LogP contribution in [0.2, 0.25) is 0 Å². The third-order valence-electron chi connectivity index (χ3n) is 2.36. The Balaban J connectivity index is 2.16. The molecule has 18 heavy (non-hydrogen) atoms. The van der Waals surface area contributed by atoms with Crippen molar-refractivity contribution in [3.63, 3.8) is 0 Å². The minimum atomic E-state index is -0.194. The maximum absolute atomic E-state index is 12.0. The summed E-state index contributed by atoms with van der Waals surface area (Å²) in [6.07, 6.45) is 3.18. The molecule has 0 fully saturated rings. The first kappa shape index (κ1) is 12.2. The van der Waals surface area contributed by atoms with Crippen molar-refractivity contribution in [1.29, 1.82) is 0 Å². The van der Waals surface area contributed by atoms with Crippen LogP contribution in [0.25, 0.3) is 0 Å². The highest BCUT2D eigenvalue weighted by atomic mass is 16.5. The number of aromatic nitrogens is 4. The minimum absolute atomic E-state index is 0.0559. The first-order valence-corrected chi connectivity index (χ1v) is 5.36. The van der Waals surface area contributed by atoms with E-state index in [1.54, 1.807) is 24.5 Å². The van der Waals surface area contributed by atoms with Gasteiger partial charge in [-0.25, -0.2) is 9.67 Å². The van der Waals surface area contributed by atoms with E-state index in [1.807, 2.05) is 0 Å². The maximum Gasteiger partial charge on any atom is 0.206 e. The molecule has 0 aliphatic rings. The van der Waals surface area contributed by atoms with Gasteiger partial charge in [-0.1, -0.05) is 5.21 Å². The summed E-state index contributed by atoms with van der Waals surface area (Å²) in [5.41, 5.74) is 6.33. The van der Waals surface area contributed by atoms with Gasteiger partial charge in [0.15, 0.2) is 0 Å². The molecule has 94 valence electrons. The van der Waals surface area contributed by atoms with Crippen molar-refractivity contribution >= 4 is 5.78 Å². The Labute approximate surface area is 104 Å². The number of methoxy groups -OCH3 is 1. The first-order valence-electron chi connectivity index (χ1n) is 5.36. The van der Waals surface area contributed by atoms with Gasteiger partial charge in [0.05, 0.1) is 19.0 Å². The number of ether oxygens (including phenoxy) is 1. The molecule has 0 saturated carbocycles. The number of hydrogen-bond acceptors (Lipinski definition) is 6. The fourth-order valence-electron chi connectivity index (χ4n) is 1.50. The minimum Gasteiger partial charge on any atom is -0.494 e. The maximum atomic E-state index is 12.0. The van der Waals surface area contributed by atoms with Gasteiger partial charge in [-0.3, -0.25) is 4.79 Å². The second-order valence-corrected chi connectivity index (χ2v) is 3.59. The molecule has 0 radical (unpaired) electrons. The van der Waals surface area contributed by atoms with E-state index in [9.17, 15) is 4.79 Å². The van der Waals surface area contributed by atoms with Crippen LogP contribution in [0.1, 0.15) is 16.2 Å². The van der Waals surface area contributed by atoms with Crippen molar-refractivity contribution in [3.05, 3.63) is 35.9 Å². The lowest BCUT2D eigenvalue weighted by Gasteiger charge is -2.05. The van der Waals surface area contributed by atoms with E-state index in [-0.39, 0.29) is 18.0 Å². The van der Waals surface area contributed by atoms with E-state index in [2.05, 4.69) is 15.3 Å². The molecule has 2 aromatic heterocycles. The molecule has 0 aromatic carbocycles. The van der Waals surface area contributed by atoms with Crippen molar-refractivity contribution in [2.75, 3.05) is 7.11 Å². The van der Waals surface area contributed by atoms with Gasteiger partial charge in [-0.2, -0.15) is 0 Å². The number of pyridine rings is 1. The van der Waals surface area contributed by atoms with E-state index < -0.39 is 0 Å². The SMILES string of the molecule is COc1cccnc1C(=O)Cn1cc(CN)nn1. The van der Waals surface area contributed by atoms with Crippen molar-refractivity contribution in [1.82, 2.24) is 20.0 Å². The topological polar surface area (TPSA) is 95.9 Å². The van der Waals surface area contributed by atoms with Crippen LogP contribution in [0.15, 0.2) is 24.5 Å². The van der Waals surface area contributed by atoms with Gasteiger partial charge in [0.25, 0.3) is 0 Å². The van der Waals surface area contributed by atoms with Crippen LogP contribution < -0.4 is 10.5 Å². The summed E-state index contributed by atoms with van der Waals surface area (Å²) in [5, 5.41) is 7.61. The van der Waals surface area contributed by atoms with Crippen LogP contribution in [0.4, 0.5) is 0 Å². The number of hydrogen-bond donors (Lipinski definition) is 1. The highest BCUT2D eigenvalue weighted by Crippen LogP contribution is 2.15. The molecule has 7 heteroatoms. The molecule has 0 unspecified atom stereocenters. The summed E-state index contributed by atoms with van der Waals surface area (Å²) < 4.78 is 6.51. The number of nitrogens with zero attached hydrogens (tertiary/aromatic N) is 4. The summed E-state index contributed by atoms with van der Waals surface area (Å²) in [6, 6.07) is 3.39. The molecule has 0 amide bonds. The van der Waals surface area contributed by atoms with Crippen molar-refractivity contribution in [2.24, 2.45) is 5.73 Å². The average Bonchev–Trinajstić information content (AvgIpc) is 2.86. The number of ketones is 1. The van der Waals surface area contributed by atoms with Gasteiger partial charge in [0.1, 0.15) is 18.0 Å². The van der Waals surface area contributed by atoms with E-state index in [1.165, 1.54) is 11.8 Å². The Bertz CT molecular complexity index is 552. The molecule has 0 aliphatic heterocycles. The molecule has 0 bridgehead atoms. The average molecular weight is 247 g/mol. The molecule has 0 saturated heterocycles. The van der Waals surface area contributed by atoms with E-state index in [0.29, 0.717) is 18.0 Å². The van der Waals surface area contributed by atoms with E-state index in [4.69, 9.17) is 10.5 Å². The third kappa shape index (κ3) is 2.51. The highest BCUT2D eigenvalue weighted by molar-refractivity contribution is 5.96. The number of rotatable bonds is 5. The predicted octanol–water partition coefficient (Wildman–Crippen LogP) is 0.0233. The third-order valence-corrected chi connectivity index (χ3v) is 2.36. The lowest BCUT2D eigenvalue weighted by Crippen LogP contribution is -2.13. The number of carbonyl (C=O) groups is 1. The molecule has 0 aliphatic carbocycles. The van der Waals surface area contributed by atoms with Crippen LogP contribution in [0.3, 0.4) is 0 Å². The standard InChI is InChI=1S/C11H13N5O2/c1-18-10-3-2-4-13-11(10)9(17)7-16-6-8(5-12)14-15-16/h2-4,6H,5,7,12H2,1H3. The van der Waals surface area contributed by atoms with Gasteiger partial charge in [0.2, 0.25) is 5.78 Å². The number of nitrogens with two attached hydrogens (primary N) is 1. The fourth-order valence-corrected chi connectivity index (χ4v) is 1.50. The lowest BCUT2D eigenvalue weighted by molar-refractivity contribution is 0.0958. The van der Waals surface area contributed by atoms with Crippen molar-refractivity contribution in [2.45, 2.75) is 13.1 Å². The molecule has 2 aromatic rings. The van der Waals surface area contributed by atoms with Crippen LogP contribution in [0, 0.1) is 0 Å². The molecule has 7 nitrogen and oxygen atoms in total. The second-order valence-electron chi connectivity index (χ2n) is 3.59. The summed E-state index contributed by atoms with van der Waals surface area (Å²) in [4.78, 5) is 16.0. The molecule has 2 heterocycles. The van der Waals surface area contributed by atoms with Gasteiger partial charge in [-0.15, -0.1) is 5.10 Å². The number of carbonyl (C=O) groups excluding carboxylic acids is 1. The van der Waals surface area contributed by atoms with Gasteiger partial charge in [-0.05, 0) is 12.1 Å². The largest absolute Gasteiger partial charge is 0.494 e. The molecule has 0 atom stereocenters. The van der Waals surface area contributed by atoms with Crippen molar-refractivity contribution in [3.8, 4) is 5.75 Å². The first-order chi connectivity index (χ1) is 8.74. The molecule has 2 rings (SSSR count). The van der Waals surface area contributed by atoms with E-state index >= 15 is 0 Å². The molecular formula is C11H13N5O2. The Morgan fingerprint density at radius 1 is 1.56 bits per heavy atom. The van der Waals surface area contributed by atoms with Gasteiger partial charge in [0, 0.05) is 12.7 Å². The van der Waals surface area contributed by atoms with Crippen molar-refractivity contribution < 1.29 is 9.53 Å². The zero-order valence-corrected chi connectivity index (χ0v) is 9.91. The summed E-state index contributed by atoms with van der Waals surface area (Å²) in [7, 11) is 1.50. The van der Waals surface area contributed by atoms with E-state index in [0.717, 1.165) is 0 Å². The lowest BCUT2D eigenvalue weighted by atomic mass is 10.2. The van der Waals surface area contributed by atoms with Gasteiger partial charge < -0.3 is 10.5 Å². The Morgan fingerprint density at radius 2 is 2.39 bits per heavy atom. The Kier molecular flexibility index (Phi) is 3.63. The quantitative estimate of drug-likeness (QED) is 0.748. The van der Waals surface area contributed by atoms with Crippen LogP contribution >= 0.6 is 0 Å².